The molecule has 0 bridgehead atoms. The monoisotopic (exact) mass is 463 g/mol. The largest absolute Gasteiger partial charge is 0.357 e. The molecule has 1 amide bonds. The van der Waals surface area contributed by atoms with Crippen LogP contribution in [0.2, 0.25) is 10.0 Å². The Bertz CT molecular complexity index is 1020. The Morgan fingerprint density at radius 2 is 2.00 bits per heavy atom. The van der Waals surface area contributed by atoms with E-state index in [1.54, 1.807) is 19.3 Å². The number of nitrogens with one attached hydrogen (secondary N) is 2. The fraction of sp³-hybridized carbons (Fsp3) is 0.286. The number of hydrogen-bond acceptors (Lipinski definition) is 6. The third-order valence-electron chi connectivity index (χ3n) is 4.36. The Hall–Kier alpha value is -2.19. The van der Waals surface area contributed by atoms with Crippen molar-refractivity contribution in [3.8, 4) is 10.6 Å². The second-order valence-electron chi connectivity index (χ2n) is 7.05. The van der Waals surface area contributed by atoms with Crippen molar-refractivity contribution in [1.29, 1.82) is 0 Å². The predicted octanol–water partition coefficient (Wildman–Crippen LogP) is 4.46. The average molecular weight is 464 g/mol. The molecule has 1 aromatic carbocycles. The summed E-state index contributed by atoms with van der Waals surface area (Å²) in [4.78, 5) is 25.0. The van der Waals surface area contributed by atoms with Crippen LogP contribution in [0, 0.1) is 0 Å². The molecule has 30 heavy (non-hydrogen) atoms. The number of hydrogen-bond donors (Lipinski definition) is 2. The van der Waals surface area contributed by atoms with Gasteiger partial charge in [0.15, 0.2) is 0 Å². The summed E-state index contributed by atoms with van der Waals surface area (Å²) in [6.07, 6.45) is 2.30. The Labute approximate surface area is 190 Å². The van der Waals surface area contributed by atoms with Gasteiger partial charge in [-0.2, -0.15) is 0 Å². The minimum atomic E-state index is -0.119. The first-order chi connectivity index (χ1) is 14.4. The number of rotatable bonds is 8. The van der Waals surface area contributed by atoms with Crippen molar-refractivity contribution in [1.82, 2.24) is 20.2 Å². The minimum Gasteiger partial charge on any atom is -0.357 e. The molecular formula is C21H23Cl2N5OS. The number of nitrogens with zero attached hydrogens (tertiary/aromatic N) is 3. The van der Waals surface area contributed by atoms with Gasteiger partial charge >= 0.3 is 0 Å². The molecule has 0 unspecified atom stereocenters. The van der Waals surface area contributed by atoms with Gasteiger partial charge in [-0.1, -0.05) is 29.3 Å². The fourth-order valence-electron chi connectivity index (χ4n) is 3.03. The van der Waals surface area contributed by atoms with Crippen LogP contribution < -0.4 is 10.6 Å². The molecule has 6 nitrogen and oxygen atoms in total. The van der Waals surface area contributed by atoms with E-state index >= 15 is 0 Å². The molecule has 9 heteroatoms. The molecular weight excluding hydrogens is 441 g/mol. The second kappa shape index (κ2) is 10.2. The van der Waals surface area contributed by atoms with E-state index in [9.17, 15) is 4.79 Å². The first kappa shape index (κ1) is 22.5. The summed E-state index contributed by atoms with van der Waals surface area (Å²) < 4.78 is 0. The highest BCUT2D eigenvalue weighted by Gasteiger charge is 2.19. The van der Waals surface area contributed by atoms with Gasteiger partial charge in [0, 0.05) is 35.9 Å². The summed E-state index contributed by atoms with van der Waals surface area (Å²) in [5, 5.41) is 7.25. The highest BCUT2D eigenvalue weighted by molar-refractivity contribution is 7.17. The fourth-order valence-corrected chi connectivity index (χ4v) is 4.39. The molecule has 3 rings (SSSR count). The quantitative estimate of drug-likeness (QED) is 0.515. The first-order valence-electron chi connectivity index (χ1n) is 9.36. The maximum atomic E-state index is 12.9. The van der Waals surface area contributed by atoms with Gasteiger partial charge in [0.25, 0.3) is 5.91 Å². The molecule has 2 heterocycles. The molecule has 0 aliphatic rings. The number of halogens is 2. The highest BCUT2D eigenvalue weighted by Crippen LogP contribution is 2.27. The average Bonchev–Trinajstić information content (AvgIpc) is 3.20. The van der Waals surface area contributed by atoms with Gasteiger partial charge in [-0.05, 0) is 56.4 Å². The normalized spacial score (nSPS) is 12.1. The number of aromatic nitrogens is 2. The van der Waals surface area contributed by atoms with Gasteiger partial charge in [-0.3, -0.25) is 4.79 Å². The molecule has 1 atom stereocenters. The number of likely N-dealkylation sites (N-methyl/N-ethyl adjacent to an activating group) is 1. The number of amides is 1. The molecule has 0 saturated carbocycles. The third kappa shape index (κ3) is 5.92. The molecule has 0 spiro atoms. The van der Waals surface area contributed by atoms with E-state index in [0.29, 0.717) is 33.8 Å². The van der Waals surface area contributed by atoms with Crippen molar-refractivity contribution in [3.63, 3.8) is 0 Å². The zero-order valence-corrected chi connectivity index (χ0v) is 19.3. The third-order valence-corrected chi connectivity index (χ3v) is 6.06. The van der Waals surface area contributed by atoms with Crippen molar-refractivity contribution in [2.24, 2.45) is 0 Å². The Morgan fingerprint density at radius 3 is 2.70 bits per heavy atom. The van der Waals surface area contributed by atoms with Crippen LogP contribution in [0.5, 0.6) is 0 Å². The lowest BCUT2D eigenvalue weighted by Gasteiger charge is -2.23. The van der Waals surface area contributed by atoms with E-state index in [1.165, 1.54) is 11.3 Å². The van der Waals surface area contributed by atoms with E-state index in [2.05, 4.69) is 20.6 Å². The smallest absolute Gasteiger partial charge is 0.261 e. The Morgan fingerprint density at radius 1 is 1.20 bits per heavy atom. The zero-order chi connectivity index (χ0) is 21.7. The first-order valence-corrected chi connectivity index (χ1v) is 10.9. The Balaban J connectivity index is 1.74. The lowest BCUT2D eigenvalue weighted by atomic mass is 10.1. The van der Waals surface area contributed by atoms with Gasteiger partial charge in [-0.25, -0.2) is 9.97 Å². The van der Waals surface area contributed by atoms with Crippen LogP contribution in [0.1, 0.15) is 15.2 Å². The van der Waals surface area contributed by atoms with Gasteiger partial charge in [-0.15, -0.1) is 11.3 Å². The zero-order valence-electron chi connectivity index (χ0n) is 16.9. The minimum absolute atomic E-state index is 0.105. The van der Waals surface area contributed by atoms with Gasteiger partial charge in [0.2, 0.25) is 5.95 Å². The SMILES string of the molecule is CNc1nccc(-c2ccc(C(=O)N[C@@H](Cc3ccc(Cl)cc3Cl)CN(C)C)s2)n1. The summed E-state index contributed by atoms with van der Waals surface area (Å²) >= 11 is 13.7. The maximum absolute atomic E-state index is 12.9. The van der Waals surface area contributed by atoms with Crippen LogP contribution in [0.4, 0.5) is 5.95 Å². The van der Waals surface area contributed by atoms with E-state index in [1.807, 2.05) is 49.3 Å². The van der Waals surface area contributed by atoms with Gasteiger partial charge in [0.05, 0.1) is 15.4 Å². The summed E-state index contributed by atoms with van der Waals surface area (Å²) in [6.45, 7) is 0.681. The summed E-state index contributed by atoms with van der Waals surface area (Å²) in [5.41, 5.74) is 1.72. The molecule has 0 radical (unpaired) electrons. The highest BCUT2D eigenvalue weighted by atomic mass is 35.5. The van der Waals surface area contributed by atoms with Crippen LogP contribution in [0.15, 0.2) is 42.6 Å². The van der Waals surface area contributed by atoms with E-state index < -0.39 is 0 Å². The number of carbonyl (C=O) groups is 1. The molecule has 158 valence electrons. The van der Waals surface area contributed by atoms with Gasteiger partial charge < -0.3 is 15.5 Å². The van der Waals surface area contributed by atoms with Crippen molar-refractivity contribution in [2.45, 2.75) is 12.5 Å². The van der Waals surface area contributed by atoms with E-state index in [-0.39, 0.29) is 11.9 Å². The topological polar surface area (TPSA) is 70.2 Å². The van der Waals surface area contributed by atoms with Crippen molar-refractivity contribution < 1.29 is 4.79 Å². The van der Waals surface area contributed by atoms with E-state index in [0.717, 1.165) is 16.1 Å². The summed E-state index contributed by atoms with van der Waals surface area (Å²) in [7, 11) is 5.71. The molecule has 2 aromatic heterocycles. The van der Waals surface area contributed by atoms with Crippen molar-refractivity contribution in [3.05, 3.63) is 63.1 Å². The predicted molar refractivity (Wildman–Crippen MR) is 125 cm³/mol. The number of anilines is 1. The Kier molecular flexibility index (Phi) is 7.66. The molecule has 3 aromatic rings. The van der Waals surface area contributed by atoms with Gasteiger partial charge in [0.1, 0.15) is 0 Å². The maximum Gasteiger partial charge on any atom is 0.261 e. The number of thiophene rings is 1. The molecule has 0 fully saturated rings. The summed E-state index contributed by atoms with van der Waals surface area (Å²) in [6, 6.07) is 10.9. The lowest BCUT2D eigenvalue weighted by molar-refractivity contribution is 0.0934. The van der Waals surface area contributed by atoms with Crippen LogP contribution in [-0.2, 0) is 6.42 Å². The molecule has 0 aliphatic heterocycles. The van der Waals surface area contributed by atoms with Crippen LogP contribution in [-0.4, -0.2) is 54.5 Å². The second-order valence-corrected chi connectivity index (χ2v) is 8.98. The molecule has 2 N–H and O–H groups in total. The van der Waals surface area contributed by atoms with Crippen LogP contribution in [0.3, 0.4) is 0 Å². The van der Waals surface area contributed by atoms with Crippen LogP contribution in [0.25, 0.3) is 10.6 Å². The standard InChI is InChI=1S/C21H23Cl2N5OS/c1-24-21-25-9-8-17(27-21)18-6-7-19(30-18)20(29)26-15(12-28(2)3)10-13-4-5-14(22)11-16(13)23/h4-9,11,15H,10,12H2,1-3H3,(H,26,29)(H,24,25,27)/t15-/m0/s1. The summed E-state index contributed by atoms with van der Waals surface area (Å²) in [5.74, 6) is 0.420. The molecule has 0 saturated heterocycles. The number of carbonyl (C=O) groups excluding carboxylic acids is 1. The van der Waals surface area contributed by atoms with Crippen LogP contribution >= 0.6 is 34.5 Å². The van der Waals surface area contributed by atoms with Crippen molar-refractivity contribution in [2.75, 3.05) is 33.0 Å². The molecule has 0 aliphatic carbocycles. The van der Waals surface area contributed by atoms with E-state index in [4.69, 9.17) is 23.2 Å². The van der Waals surface area contributed by atoms with Crippen molar-refractivity contribution >= 4 is 46.4 Å². The lowest BCUT2D eigenvalue weighted by Crippen LogP contribution is -2.43. The number of benzene rings is 1.